The van der Waals surface area contributed by atoms with Crippen LogP contribution < -0.4 is 5.32 Å². The van der Waals surface area contributed by atoms with Crippen LogP contribution in [0.1, 0.15) is 21.5 Å². The van der Waals surface area contributed by atoms with Crippen LogP contribution in [0.2, 0.25) is 0 Å². The molecule has 1 aliphatic heterocycles. The zero-order valence-electron chi connectivity index (χ0n) is 9.83. The number of aryl methyl sites for hydroxylation is 1. The number of fused-ring (bicyclic) bond motifs is 1. The van der Waals surface area contributed by atoms with E-state index in [4.69, 9.17) is 0 Å². The highest BCUT2D eigenvalue weighted by Gasteiger charge is 2.21. The lowest BCUT2D eigenvalue weighted by Crippen LogP contribution is -2.12. The largest absolute Gasteiger partial charge is 0.348 e. The van der Waals surface area contributed by atoms with Gasteiger partial charge in [0.15, 0.2) is 0 Å². The van der Waals surface area contributed by atoms with Gasteiger partial charge in [0, 0.05) is 29.4 Å². The molecule has 1 aliphatic rings. The van der Waals surface area contributed by atoms with E-state index in [1.807, 2.05) is 12.1 Å². The topological polar surface area (TPSA) is 42.0 Å². The Hall–Kier alpha value is -2.23. The first-order valence-corrected chi connectivity index (χ1v) is 5.69. The van der Waals surface area contributed by atoms with Gasteiger partial charge >= 0.3 is 0 Å². The number of nitrogens with one attached hydrogen (secondary N) is 1. The first-order chi connectivity index (χ1) is 8.66. The van der Waals surface area contributed by atoms with E-state index in [2.05, 4.69) is 10.3 Å². The molecule has 0 atom stereocenters. The van der Waals surface area contributed by atoms with Crippen molar-refractivity contribution in [1.29, 1.82) is 0 Å². The minimum absolute atomic E-state index is 0.0568. The third-order valence-electron chi connectivity index (χ3n) is 3.17. The molecule has 0 saturated heterocycles. The normalized spacial score (nSPS) is 13.3. The smallest absolute Gasteiger partial charge is 0.251 e. The summed E-state index contributed by atoms with van der Waals surface area (Å²) in [5.41, 5.74) is 3.91. The summed E-state index contributed by atoms with van der Waals surface area (Å²) in [6, 6.07) is 7.30. The van der Waals surface area contributed by atoms with Crippen LogP contribution in [-0.2, 0) is 6.54 Å². The van der Waals surface area contributed by atoms with Gasteiger partial charge in [-0.1, -0.05) is 12.1 Å². The summed E-state index contributed by atoms with van der Waals surface area (Å²) in [6.45, 7) is 2.19. The fourth-order valence-electron chi connectivity index (χ4n) is 2.23. The molecule has 0 fully saturated rings. The zero-order chi connectivity index (χ0) is 12.7. The molecule has 0 bridgehead atoms. The fourth-order valence-corrected chi connectivity index (χ4v) is 2.23. The van der Waals surface area contributed by atoms with Crippen molar-refractivity contribution in [3.8, 4) is 11.1 Å². The summed E-state index contributed by atoms with van der Waals surface area (Å²) in [5, 5.41) is 2.79. The number of amides is 1. The number of aromatic nitrogens is 1. The van der Waals surface area contributed by atoms with Crippen LogP contribution in [0.25, 0.3) is 11.1 Å². The molecule has 0 aliphatic carbocycles. The Morgan fingerprint density at radius 1 is 1.33 bits per heavy atom. The minimum atomic E-state index is -0.458. The quantitative estimate of drug-likeness (QED) is 0.780. The van der Waals surface area contributed by atoms with E-state index in [-0.39, 0.29) is 5.91 Å². The third kappa shape index (κ3) is 1.57. The number of hydrogen-bond acceptors (Lipinski definition) is 2. The van der Waals surface area contributed by atoms with Crippen molar-refractivity contribution in [3.05, 3.63) is 53.1 Å². The van der Waals surface area contributed by atoms with Crippen LogP contribution in [0.3, 0.4) is 0 Å². The maximum Gasteiger partial charge on any atom is 0.251 e. The van der Waals surface area contributed by atoms with Crippen molar-refractivity contribution in [2.45, 2.75) is 13.5 Å². The molecule has 0 spiro atoms. The van der Waals surface area contributed by atoms with Gasteiger partial charge in [0.05, 0.1) is 0 Å². The molecule has 1 amide bonds. The highest BCUT2D eigenvalue weighted by Crippen LogP contribution is 2.29. The molecule has 1 N–H and O–H groups in total. The van der Waals surface area contributed by atoms with E-state index in [0.29, 0.717) is 17.7 Å². The van der Waals surface area contributed by atoms with Crippen LogP contribution in [0, 0.1) is 12.9 Å². The first-order valence-electron chi connectivity index (χ1n) is 5.69. The highest BCUT2D eigenvalue weighted by molar-refractivity contribution is 6.00. The molecule has 2 aromatic rings. The molecule has 0 radical (unpaired) electrons. The molecule has 3 nitrogen and oxygen atoms in total. The number of halogens is 1. The summed E-state index contributed by atoms with van der Waals surface area (Å²) in [4.78, 5) is 15.3. The van der Waals surface area contributed by atoms with Crippen LogP contribution in [-0.4, -0.2) is 10.9 Å². The molecule has 1 aromatic heterocycles. The van der Waals surface area contributed by atoms with Crippen molar-refractivity contribution in [2.24, 2.45) is 0 Å². The SMILES string of the molecule is Cc1cc(-c2cccc3c2CNC3=O)cnc1F. The second kappa shape index (κ2) is 3.91. The molecule has 3 rings (SSSR count). The molecule has 2 heterocycles. The molecule has 18 heavy (non-hydrogen) atoms. The van der Waals surface area contributed by atoms with Crippen LogP contribution in [0.4, 0.5) is 4.39 Å². The van der Waals surface area contributed by atoms with Crippen LogP contribution >= 0.6 is 0 Å². The van der Waals surface area contributed by atoms with Gasteiger partial charge < -0.3 is 5.32 Å². The number of pyridine rings is 1. The molecule has 1 aromatic carbocycles. The second-order valence-electron chi connectivity index (χ2n) is 4.35. The number of benzene rings is 1. The van der Waals surface area contributed by atoms with Crippen LogP contribution in [0.5, 0.6) is 0 Å². The molecule has 0 saturated carbocycles. The molecule has 4 heteroatoms. The van der Waals surface area contributed by atoms with E-state index in [9.17, 15) is 9.18 Å². The van der Waals surface area contributed by atoms with Crippen molar-refractivity contribution in [3.63, 3.8) is 0 Å². The first kappa shape index (κ1) is 10.9. The van der Waals surface area contributed by atoms with E-state index in [1.165, 1.54) is 6.20 Å². The number of carbonyl (C=O) groups excluding carboxylic acids is 1. The lowest BCUT2D eigenvalue weighted by atomic mass is 9.97. The summed E-state index contributed by atoms with van der Waals surface area (Å²) >= 11 is 0. The fraction of sp³-hybridized carbons (Fsp3) is 0.143. The number of hydrogen-bond donors (Lipinski definition) is 1. The Kier molecular flexibility index (Phi) is 2.37. The predicted molar refractivity (Wildman–Crippen MR) is 65.5 cm³/mol. The van der Waals surface area contributed by atoms with Crippen molar-refractivity contribution in [1.82, 2.24) is 10.3 Å². The third-order valence-corrected chi connectivity index (χ3v) is 3.17. The van der Waals surface area contributed by atoms with Crippen molar-refractivity contribution in [2.75, 3.05) is 0 Å². The minimum Gasteiger partial charge on any atom is -0.348 e. The lowest BCUT2D eigenvalue weighted by Gasteiger charge is -2.07. The number of rotatable bonds is 1. The Bertz CT molecular complexity index is 652. The average molecular weight is 242 g/mol. The summed E-state index contributed by atoms with van der Waals surface area (Å²) < 4.78 is 13.2. The van der Waals surface area contributed by atoms with Gasteiger partial charge in [-0.15, -0.1) is 0 Å². The number of carbonyl (C=O) groups is 1. The zero-order valence-corrected chi connectivity index (χ0v) is 9.83. The summed E-state index contributed by atoms with van der Waals surface area (Å²) in [7, 11) is 0. The maximum atomic E-state index is 13.2. The van der Waals surface area contributed by atoms with Gasteiger partial charge in [0.2, 0.25) is 5.95 Å². The van der Waals surface area contributed by atoms with Gasteiger partial charge in [-0.05, 0) is 30.2 Å². The molecule has 0 unspecified atom stereocenters. The second-order valence-corrected chi connectivity index (χ2v) is 4.35. The monoisotopic (exact) mass is 242 g/mol. The molecule has 90 valence electrons. The maximum absolute atomic E-state index is 13.2. The highest BCUT2D eigenvalue weighted by atomic mass is 19.1. The average Bonchev–Trinajstić information content (AvgIpc) is 2.75. The summed E-state index contributed by atoms with van der Waals surface area (Å²) in [5.74, 6) is -0.515. The van der Waals surface area contributed by atoms with Gasteiger partial charge in [-0.25, -0.2) is 4.98 Å². The van der Waals surface area contributed by atoms with E-state index in [0.717, 1.165) is 16.7 Å². The Labute approximate surface area is 104 Å². The van der Waals surface area contributed by atoms with Gasteiger partial charge in [-0.3, -0.25) is 4.79 Å². The predicted octanol–water partition coefficient (Wildman–Crippen LogP) is 2.44. The van der Waals surface area contributed by atoms with E-state index >= 15 is 0 Å². The number of nitrogens with zero attached hydrogens (tertiary/aromatic N) is 1. The van der Waals surface area contributed by atoms with Gasteiger partial charge in [0.25, 0.3) is 5.91 Å². The Morgan fingerprint density at radius 3 is 2.89 bits per heavy atom. The van der Waals surface area contributed by atoms with Gasteiger partial charge in [-0.2, -0.15) is 4.39 Å². The van der Waals surface area contributed by atoms with Crippen molar-refractivity contribution < 1.29 is 9.18 Å². The van der Waals surface area contributed by atoms with E-state index < -0.39 is 5.95 Å². The van der Waals surface area contributed by atoms with Crippen LogP contribution in [0.15, 0.2) is 30.5 Å². The Morgan fingerprint density at radius 2 is 2.11 bits per heavy atom. The Balaban J connectivity index is 2.18. The standard InChI is InChI=1S/C14H11FN2O/c1-8-5-9(6-16-13(8)15)10-3-2-4-11-12(10)7-17-14(11)18/h2-6H,7H2,1H3,(H,17,18). The molecular weight excluding hydrogens is 231 g/mol. The molecular formula is C14H11FN2O. The lowest BCUT2D eigenvalue weighted by molar-refractivity contribution is 0.0966. The summed E-state index contributed by atoms with van der Waals surface area (Å²) in [6.07, 6.45) is 1.50. The van der Waals surface area contributed by atoms with Gasteiger partial charge in [0.1, 0.15) is 0 Å². The van der Waals surface area contributed by atoms with E-state index in [1.54, 1.807) is 19.1 Å². The van der Waals surface area contributed by atoms with Crippen molar-refractivity contribution >= 4 is 5.91 Å².